The number of urea groups is 1. The highest BCUT2D eigenvalue weighted by atomic mass is 16.2. The van der Waals surface area contributed by atoms with Gasteiger partial charge in [0.1, 0.15) is 0 Å². The molecule has 0 aromatic heterocycles. The largest absolute Gasteiger partial charge is 0.342 e. The molecule has 1 saturated heterocycles. The molecule has 5 nitrogen and oxygen atoms in total. The van der Waals surface area contributed by atoms with E-state index in [-0.39, 0.29) is 11.9 Å². The van der Waals surface area contributed by atoms with Crippen LogP contribution < -0.4 is 0 Å². The van der Waals surface area contributed by atoms with Gasteiger partial charge >= 0.3 is 6.03 Å². The van der Waals surface area contributed by atoms with Crippen molar-refractivity contribution in [1.29, 1.82) is 0 Å². The molecule has 15 heavy (non-hydrogen) atoms. The van der Waals surface area contributed by atoms with Crippen molar-refractivity contribution in [2.75, 3.05) is 40.8 Å². The zero-order valence-corrected chi connectivity index (χ0v) is 9.86. The first kappa shape index (κ1) is 11.8. The monoisotopic (exact) mass is 213 g/mol. The van der Waals surface area contributed by atoms with Crippen molar-refractivity contribution in [3.63, 3.8) is 0 Å². The van der Waals surface area contributed by atoms with E-state index >= 15 is 0 Å². The van der Waals surface area contributed by atoms with E-state index < -0.39 is 0 Å². The summed E-state index contributed by atoms with van der Waals surface area (Å²) in [5, 5.41) is 0. The summed E-state index contributed by atoms with van der Waals surface area (Å²) in [7, 11) is 5.27. The normalized spacial score (nSPS) is 15.9. The quantitative estimate of drug-likeness (QED) is 0.652. The summed E-state index contributed by atoms with van der Waals surface area (Å²) in [5.41, 5.74) is 0. The van der Waals surface area contributed by atoms with Crippen molar-refractivity contribution in [2.45, 2.75) is 6.92 Å². The lowest BCUT2D eigenvalue weighted by molar-refractivity contribution is -0.135. The Balaban J connectivity index is 2.27. The van der Waals surface area contributed by atoms with Crippen LogP contribution in [0.4, 0.5) is 4.79 Å². The molecule has 1 fully saturated rings. The lowest BCUT2D eigenvalue weighted by Gasteiger charge is -2.40. The van der Waals surface area contributed by atoms with Crippen molar-refractivity contribution in [2.24, 2.45) is 5.92 Å². The van der Waals surface area contributed by atoms with Crippen LogP contribution in [-0.2, 0) is 4.79 Å². The fraction of sp³-hybridized carbons (Fsp3) is 0.800. The highest BCUT2D eigenvalue weighted by Gasteiger charge is 2.30. The number of amides is 3. The Morgan fingerprint density at radius 3 is 2.20 bits per heavy atom. The first-order valence-corrected chi connectivity index (χ1v) is 5.09. The average molecular weight is 213 g/mol. The van der Waals surface area contributed by atoms with E-state index in [1.165, 1.54) is 0 Å². The van der Waals surface area contributed by atoms with Crippen molar-refractivity contribution < 1.29 is 9.59 Å². The van der Waals surface area contributed by atoms with Crippen LogP contribution in [-0.4, -0.2) is 67.4 Å². The molecule has 1 aliphatic rings. The predicted molar refractivity (Wildman–Crippen MR) is 57.5 cm³/mol. The van der Waals surface area contributed by atoms with Gasteiger partial charge in [-0.1, -0.05) is 0 Å². The first-order valence-electron chi connectivity index (χ1n) is 5.09. The fourth-order valence-corrected chi connectivity index (χ4v) is 1.75. The molecule has 0 aromatic rings. The highest BCUT2D eigenvalue weighted by molar-refractivity contribution is 5.74. The average Bonchev–Trinajstić information content (AvgIpc) is 2.07. The molecule has 3 amide bonds. The number of carbonyl (C=O) groups is 2. The van der Waals surface area contributed by atoms with Gasteiger partial charge in [-0.25, -0.2) is 4.79 Å². The first-order chi connectivity index (χ1) is 6.91. The third-order valence-electron chi connectivity index (χ3n) is 2.64. The Hall–Kier alpha value is -1.26. The number of nitrogens with zero attached hydrogens (tertiary/aromatic N) is 3. The summed E-state index contributed by atoms with van der Waals surface area (Å²) >= 11 is 0. The Bertz CT molecular complexity index is 259. The number of likely N-dealkylation sites (tertiary alicyclic amines) is 1. The van der Waals surface area contributed by atoms with Crippen molar-refractivity contribution in [3.8, 4) is 0 Å². The molecule has 1 rings (SSSR count). The molecular weight excluding hydrogens is 194 g/mol. The van der Waals surface area contributed by atoms with Gasteiger partial charge in [-0.05, 0) is 0 Å². The molecule has 86 valence electrons. The van der Waals surface area contributed by atoms with Crippen molar-refractivity contribution >= 4 is 11.9 Å². The molecule has 0 unspecified atom stereocenters. The standard InChI is InChI=1S/C10H19N3O2/c1-8(14)13-6-9(7-13)5-12(4)10(15)11(2)3/h9H,5-7H2,1-4H3. The molecule has 0 spiro atoms. The zero-order chi connectivity index (χ0) is 11.6. The van der Waals surface area contributed by atoms with Crippen LogP contribution in [0.5, 0.6) is 0 Å². The fourth-order valence-electron chi connectivity index (χ4n) is 1.75. The number of rotatable bonds is 2. The van der Waals surface area contributed by atoms with Gasteiger partial charge < -0.3 is 14.7 Å². The van der Waals surface area contributed by atoms with Gasteiger partial charge in [0, 0.05) is 53.6 Å². The van der Waals surface area contributed by atoms with Crippen LogP contribution in [0, 0.1) is 5.92 Å². The highest BCUT2D eigenvalue weighted by Crippen LogP contribution is 2.16. The third kappa shape index (κ3) is 2.84. The number of hydrogen-bond acceptors (Lipinski definition) is 2. The molecule has 0 bridgehead atoms. The molecule has 0 saturated carbocycles. The Morgan fingerprint density at radius 2 is 1.80 bits per heavy atom. The van der Waals surface area contributed by atoms with E-state index in [1.807, 2.05) is 0 Å². The summed E-state index contributed by atoms with van der Waals surface area (Å²) in [6.45, 7) is 3.85. The molecule has 0 N–H and O–H groups in total. The van der Waals surface area contributed by atoms with Crippen LogP contribution in [0.3, 0.4) is 0 Å². The van der Waals surface area contributed by atoms with Gasteiger partial charge in [0.05, 0.1) is 0 Å². The maximum absolute atomic E-state index is 11.5. The molecule has 0 radical (unpaired) electrons. The second-order valence-corrected chi connectivity index (χ2v) is 4.35. The van der Waals surface area contributed by atoms with Crippen LogP contribution in [0.2, 0.25) is 0 Å². The maximum Gasteiger partial charge on any atom is 0.319 e. The molecule has 1 aliphatic heterocycles. The SMILES string of the molecule is CC(=O)N1CC(CN(C)C(=O)N(C)C)C1. The minimum atomic E-state index is 0.0104. The number of hydrogen-bond donors (Lipinski definition) is 0. The second kappa shape index (κ2) is 4.51. The van der Waals surface area contributed by atoms with Gasteiger partial charge in [0.15, 0.2) is 0 Å². The van der Waals surface area contributed by atoms with Crippen LogP contribution in [0.25, 0.3) is 0 Å². The van der Waals surface area contributed by atoms with Gasteiger partial charge in [-0.2, -0.15) is 0 Å². The summed E-state index contributed by atoms with van der Waals surface area (Å²) < 4.78 is 0. The lowest BCUT2D eigenvalue weighted by atomic mass is 10.00. The topological polar surface area (TPSA) is 43.9 Å². The van der Waals surface area contributed by atoms with E-state index in [0.717, 1.165) is 19.6 Å². The van der Waals surface area contributed by atoms with Crippen molar-refractivity contribution in [3.05, 3.63) is 0 Å². The molecular formula is C10H19N3O2. The zero-order valence-electron chi connectivity index (χ0n) is 9.86. The summed E-state index contributed by atoms with van der Waals surface area (Å²) in [5.74, 6) is 0.552. The number of carbonyl (C=O) groups excluding carboxylic acids is 2. The summed E-state index contributed by atoms with van der Waals surface area (Å²) in [6.07, 6.45) is 0. The van der Waals surface area contributed by atoms with Gasteiger partial charge in [0.2, 0.25) is 5.91 Å². The maximum atomic E-state index is 11.5. The Kier molecular flexibility index (Phi) is 3.55. The minimum absolute atomic E-state index is 0.0104. The van der Waals surface area contributed by atoms with Crippen molar-refractivity contribution in [1.82, 2.24) is 14.7 Å². The van der Waals surface area contributed by atoms with Crippen LogP contribution in [0.15, 0.2) is 0 Å². The smallest absolute Gasteiger partial charge is 0.319 e. The minimum Gasteiger partial charge on any atom is -0.342 e. The van der Waals surface area contributed by atoms with E-state index in [4.69, 9.17) is 0 Å². The van der Waals surface area contributed by atoms with Gasteiger partial charge in [-0.15, -0.1) is 0 Å². The third-order valence-corrected chi connectivity index (χ3v) is 2.64. The molecule has 5 heteroatoms. The molecule has 0 atom stereocenters. The van der Waals surface area contributed by atoms with E-state index in [1.54, 1.807) is 42.8 Å². The summed E-state index contributed by atoms with van der Waals surface area (Å²) in [6, 6.07) is 0.0104. The predicted octanol–water partition coefficient (Wildman–Crippen LogP) is 0.0781. The Labute approximate surface area is 90.6 Å². The van der Waals surface area contributed by atoms with Gasteiger partial charge in [0.25, 0.3) is 0 Å². The van der Waals surface area contributed by atoms with E-state index in [0.29, 0.717) is 5.92 Å². The van der Waals surface area contributed by atoms with Crippen LogP contribution in [0.1, 0.15) is 6.92 Å². The Morgan fingerprint density at radius 1 is 1.27 bits per heavy atom. The molecule has 0 aromatic carbocycles. The van der Waals surface area contributed by atoms with Gasteiger partial charge in [-0.3, -0.25) is 4.79 Å². The molecule has 0 aliphatic carbocycles. The second-order valence-electron chi connectivity index (χ2n) is 4.35. The van der Waals surface area contributed by atoms with E-state index in [9.17, 15) is 9.59 Å². The lowest BCUT2D eigenvalue weighted by Crippen LogP contribution is -2.54. The van der Waals surface area contributed by atoms with Crippen LogP contribution >= 0.6 is 0 Å². The summed E-state index contributed by atoms with van der Waals surface area (Å²) in [4.78, 5) is 27.5. The van der Waals surface area contributed by atoms with E-state index in [2.05, 4.69) is 0 Å². The molecule has 1 heterocycles.